The van der Waals surface area contributed by atoms with Gasteiger partial charge in [0, 0.05) is 12.7 Å². The van der Waals surface area contributed by atoms with E-state index in [1.807, 2.05) is 6.92 Å². The van der Waals surface area contributed by atoms with Crippen LogP contribution >= 0.6 is 11.6 Å². The molecule has 5 nitrogen and oxygen atoms in total. The minimum Gasteiger partial charge on any atom is -0.461 e. The van der Waals surface area contributed by atoms with E-state index in [1.54, 1.807) is 0 Å². The number of nitrogens with one attached hydrogen (secondary N) is 2. The first kappa shape index (κ1) is 11.6. The van der Waals surface area contributed by atoms with E-state index in [0.717, 1.165) is 0 Å². The summed E-state index contributed by atoms with van der Waals surface area (Å²) < 4.78 is 4.53. The van der Waals surface area contributed by atoms with Crippen molar-refractivity contribution in [1.29, 1.82) is 0 Å². The summed E-state index contributed by atoms with van der Waals surface area (Å²) >= 11 is 5.90. The standard InChI is InChI=1S/C9H11ClN2O3/c1-2-11-9(14)6-3-12-7(8(6)10)4-15-5-13/h3,5,12H,2,4H2,1H3,(H,11,14). The summed E-state index contributed by atoms with van der Waals surface area (Å²) in [5.74, 6) is -0.254. The summed E-state index contributed by atoms with van der Waals surface area (Å²) in [5, 5.41) is 2.90. The number of aromatic amines is 1. The molecule has 1 aromatic rings. The number of carbonyl (C=O) groups is 2. The molecule has 0 spiro atoms. The van der Waals surface area contributed by atoms with Crippen LogP contribution in [0, 0.1) is 0 Å². The molecule has 1 amide bonds. The van der Waals surface area contributed by atoms with Crippen LogP contribution in [0.25, 0.3) is 0 Å². The third-order valence-corrected chi connectivity index (χ3v) is 2.20. The number of hydrogen-bond acceptors (Lipinski definition) is 3. The fourth-order valence-corrected chi connectivity index (χ4v) is 1.34. The van der Waals surface area contributed by atoms with Crippen molar-refractivity contribution in [1.82, 2.24) is 10.3 Å². The van der Waals surface area contributed by atoms with Gasteiger partial charge in [-0.25, -0.2) is 0 Å². The van der Waals surface area contributed by atoms with Gasteiger partial charge in [-0.2, -0.15) is 0 Å². The Morgan fingerprint density at radius 1 is 1.73 bits per heavy atom. The molecule has 0 aliphatic heterocycles. The molecule has 0 bridgehead atoms. The molecule has 1 rings (SSSR count). The molecule has 6 heteroatoms. The van der Waals surface area contributed by atoms with Crippen LogP contribution in [0.3, 0.4) is 0 Å². The Hall–Kier alpha value is -1.49. The van der Waals surface area contributed by atoms with Crippen molar-refractivity contribution in [3.05, 3.63) is 22.5 Å². The second kappa shape index (κ2) is 5.41. The van der Waals surface area contributed by atoms with E-state index in [9.17, 15) is 9.59 Å². The highest BCUT2D eigenvalue weighted by Crippen LogP contribution is 2.20. The molecule has 0 atom stereocenters. The second-order valence-corrected chi connectivity index (χ2v) is 3.14. The van der Waals surface area contributed by atoms with Crippen LogP contribution in [-0.2, 0) is 16.1 Å². The molecule has 0 aliphatic rings. The molecule has 2 N–H and O–H groups in total. The van der Waals surface area contributed by atoms with Gasteiger partial charge in [0.05, 0.1) is 16.3 Å². The molecule has 0 unspecified atom stereocenters. The number of H-pyrrole nitrogens is 1. The molecule has 0 saturated carbocycles. The second-order valence-electron chi connectivity index (χ2n) is 2.76. The lowest BCUT2D eigenvalue weighted by Crippen LogP contribution is -2.22. The summed E-state index contributed by atoms with van der Waals surface area (Å²) in [6.45, 7) is 2.69. The Labute approximate surface area is 91.8 Å². The first-order valence-corrected chi connectivity index (χ1v) is 4.77. The number of aromatic nitrogens is 1. The van der Waals surface area contributed by atoms with Crippen LogP contribution in [0.15, 0.2) is 6.20 Å². The first-order valence-electron chi connectivity index (χ1n) is 4.39. The molecule has 0 aromatic carbocycles. The number of carbonyl (C=O) groups excluding carboxylic acids is 2. The third-order valence-electron chi connectivity index (χ3n) is 1.77. The van der Waals surface area contributed by atoms with E-state index in [4.69, 9.17) is 11.6 Å². The first-order chi connectivity index (χ1) is 7.20. The number of rotatable bonds is 5. The Bertz CT molecular complexity index is 362. The highest BCUT2D eigenvalue weighted by atomic mass is 35.5. The van der Waals surface area contributed by atoms with Crippen LogP contribution in [0.2, 0.25) is 5.02 Å². The largest absolute Gasteiger partial charge is 0.461 e. The summed E-state index contributed by atoms with van der Waals surface area (Å²) in [5.41, 5.74) is 0.855. The van der Waals surface area contributed by atoms with Crippen molar-refractivity contribution in [2.24, 2.45) is 0 Å². The zero-order valence-corrected chi connectivity index (χ0v) is 8.93. The van der Waals surface area contributed by atoms with Crippen LogP contribution in [0.1, 0.15) is 23.0 Å². The molecular formula is C9H11ClN2O3. The third kappa shape index (κ3) is 2.73. The van der Waals surface area contributed by atoms with Crippen LogP contribution < -0.4 is 5.32 Å². The lowest BCUT2D eigenvalue weighted by atomic mass is 10.3. The predicted molar refractivity (Wildman–Crippen MR) is 54.7 cm³/mol. The van der Waals surface area contributed by atoms with Gasteiger partial charge in [0.15, 0.2) is 0 Å². The van der Waals surface area contributed by atoms with Gasteiger partial charge in [-0.15, -0.1) is 0 Å². The molecular weight excluding hydrogens is 220 g/mol. The van der Waals surface area contributed by atoms with E-state index in [1.165, 1.54) is 6.20 Å². The maximum atomic E-state index is 11.4. The Balaban J connectivity index is 2.78. The smallest absolute Gasteiger partial charge is 0.293 e. The van der Waals surface area contributed by atoms with Gasteiger partial charge in [-0.1, -0.05) is 11.6 Å². The Kier molecular flexibility index (Phi) is 4.17. The number of halogens is 1. The molecule has 1 aromatic heterocycles. The van der Waals surface area contributed by atoms with Gasteiger partial charge in [0.25, 0.3) is 12.4 Å². The average Bonchev–Trinajstić information content (AvgIpc) is 2.57. The molecule has 82 valence electrons. The van der Waals surface area contributed by atoms with Gasteiger partial charge in [-0.3, -0.25) is 9.59 Å². The highest BCUT2D eigenvalue weighted by molar-refractivity contribution is 6.34. The molecule has 0 fully saturated rings. The molecule has 15 heavy (non-hydrogen) atoms. The average molecular weight is 231 g/mol. The zero-order valence-electron chi connectivity index (χ0n) is 8.17. The summed E-state index contributed by atoms with van der Waals surface area (Å²) in [6, 6.07) is 0. The van der Waals surface area contributed by atoms with Crippen molar-refractivity contribution in [3.63, 3.8) is 0 Å². The number of hydrogen-bond donors (Lipinski definition) is 2. The van der Waals surface area contributed by atoms with Gasteiger partial charge in [0.1, 0.15) is 6.61 Å². The quantitative estimate of drug-likeness (QED) is 0.744. The van der Waals surface area contributed by atoms with E-state index in [2.05, 4.69) is 15.0 Å². The summed E-state index contributed by atoms with van der Waals surface area (Å²) in [4.78, 5) is 24.2. The van der Waals surface area contributed by atoms with Crippen molar-refractivity contribution in [2.75, 3.05) is 6.54 Å². The zero-order chi connectivity index (χ0) is 11.3. The number of amides is 1. The SMILES string of the molecule is CCNC(=O)c1c[nH]c(COC=O)c1Cl. The molecule has 0 aliphatic carbocycles. The van der Waals surface area contributed by atoms with Crippen molar-refractivity contribution < 1.29 is 14.3 Å². The minimum atomic E-state index is -0.254. The normalized spacial score (nSPS) is 9.73. The maximum absolute atomic E-state index is 11.4. The Morgan fingerprint density at radius 3 is 3.07 bits per heavy atom. The lowest BCUT2D eigenvalue weighted by Gasteiger charge is -2.00. The lowest BCUT2D eigenvalue weighted by molar-refractivity contribution is -0.129. The minimum absolute atomic E-state index is 0.0295. The molecule has 1 heterocycles. The highest BCUT2D eigenvalue weighted by Gasteiger charge is 2.15. The number of ether oxygens (including phenoxy) is 1. The van der Waals surface area contributed by atoms with Gasteiger partial charge >= 0.3 is 0 Å². The van der Waals surface area contributed by atoms with E-state index in [0.29, 0.717) is 24.3 Å². The fraction of sp³-hybridized carbons (Fsp3) is 0.333. The van der Waals surface area contributed by atoms with E-state index < -0.39 is 0 Å². The molecule has 0 radical (unpaired) electrons. The van der Waals surface area contributed by atoms with E-state index >= 15 is 0 Å². The van der Waals surface area contributed by atoms with Crippen molar-refractivity contribution in [3.8, 4) is 0 Å². The molecule has 0 saturated heterocycles. The predicted octanol–water partition coefficient (Wildman–Crippen LogP) is 1.09. The summed E-state index contributed by atoms with van der Waals surface area (Å²) in [6.07, 6.45) is 1.48. The van der Waals surface area contributed by atoms with Gasteiger partial charge in [-0.05, 0) is 6.92 Å². The van der Waals surface area contributed by atoms with Gasteiger partial charge < -0.3 is 15.0 Å². The maximum Gasteiger partial charge on any atom is 0.293 e. The summed E-state index contributed by atoms with van der Waals surface area (Å²) in [7, 11) is 0. The van der Waals surface area contributed by atoms with Crippen LogP contribution in [0.5, 0.6) is 0 Å². The van der Waals surface area contributed by atoms with Gasteiger partial charge in [0.2, 0.25) is 0 Å². The fourth-order valence-electron chi connectivity index (χ4n) is 1.09. The van der Waals surface area contributed by atoms with Crippen molar-refractivity contribution >= 4 is 24.0 Å². The van der Waals surface area contributed by atoms with Crippen molar-refractivity contribution in [2.45, 2.75) is 13.5 Å². The Morgan fingerprint density at radius 2 is 2.47 bits per heavy atom. The monoisotopic (exact) mass is 230 g/mol. The van der Waals surface area contributed by atoms with Crippen LogP contribution in [0.4, 0.5) is 0 Å². The van der Waals surface area contributed by atoms with Crippen LogP contribution in [-0.4, -0.2) is 23.9 Å². The topological polar surface area (TPSA) is 71.2 Å². The van der Waals surface area contributed by atoms with E-state index in [-0.39, 0.29) is 17.5 Å².